The van der Waals surface area contributed by atoms with Crippen LogP contribution < -0.4 is 0 Å². The number of hydrogen-bond donors (Lipinski definition) is 1. The number of rotatable bonds is 6. The fraction of sp³-hybridized carbons (Fsp3) is 0.935. The molecule has 194 valence electrons. The van der Waals surface area contributed by atoms with E-state index in [0.29, 0.717) is 10.8 Å². The van der Waals surface area contributed by atoms with Gasteiger partial charge in [0.25, 0.3) is 0 Å². The highest BCUT2D eigenvalue weighted by Gasteiger charge is 2.60. The van der Waals surface area contributed by atoms with Crippen LogP contribution in [-0.2, 0) is 4.74 Å². The predicted octanol–water partition coefficient (Wildman–Crippen LogP) is 7.05. The van der Waals surface area contributed by atoms with E-state index < -0.39 is 5.72 Å². The van der Waals surface area contributed by atoms with Crippen molar-refractivity contribution in [3.05, 3.63) is 11.6 Å². The van der Waals surface area contributed by atoms with Crippen LogP contribution in [0.15, 0.2) is 11.6 Å². The molecule has 3 saturated carbocycles. The van der Waals surface area contributed by atoms with Gasteiger partial charge in [0.15, 0.2) is 0 Å². The summed E-state index contributed by atoms with van der Waals surface area (Å²) in [5, 5.41) is 11.7. The first-order valence-electron chi connectivity index (χ1n) is 14.9. The molecule has 1 N–H and O–H groups in total. The van der Waals surface area contributed by atoms with E-state index in [1.807, 2.05) is 0 Å². The number of fused-ring (bicyclic) bond motifs is 5. The number of hydrogen-bond acceptors (Lipinski definition) is 3. The zero-order valence-corrected chi connectivity index (χ0v) is 23.0. The van der Waals surface area contributed by atoms with E-state index in [9.17, 15) is 5.11 Å². The lowest BCUT2D eigenvalue weighted by Gasteiger charge is -2.60. The highest BCUT2D eigenvalue weighted by atomic mass is 16.5. The smallest absolute Gasteiger partial charge is 0.122 e. The largest absolute Gasteiger partial charge is 0.379 e. The molecule has 1 unspecified atom stereocenters. The Balaban J connectivity index is 1.30. The van der Waals surface area contributed by atoms with Crippen molar-refractivity contribution in [1.82, 2.24) is 4.90 Å². The summed E-state index contributed by atoms with van der Waals surface area (Å²) in [7, 11) is 0. The van der Waals surface area contributed by atoms with Crippen molar-refractivity contribution in [2.75, 3.05) is 26.3 Å². The van der Waals surface area contributed by atoms with Gasteiger partial charge >= 0.3 is 0 Å². The molecule has 0 aromatic heterocycles. The van der Waals surface area contributed by atoms with Crippen molar-refractivity contribution in [3.8, 4) is 0 Å². The molecule has 4 fully saturated rings. The van der Waals surface area contributed by atoms with Crippen LogP contribution in [-0.4, -0.2) is 42.0 Å². The van der Waals surface area contributed by atoms with Crippen LogP contribution in [0.3, 0.4) is 0 Å². The molecule has 34 heavy (non-hydrogen) atoms. The lowest BCUT2D eigenvalue weighted by molar-refractivity contribution is -0.167. The van der Waals surface area contributed by atoms with Crippen molar-refractivity contribution < 1.29 is 9.84 Å². The maximum atomic E-state index is 11.7. The molecule has 1 heterocycles. The van der Waals surface area contributed by atoms with E-state index in [4.69, 9.17) is 4.74 Å². The summed E-state index contributed by atoms with van der Waals surface area (Å²) < 4.78 is 5.57. The first-order chi connectivity index (χ1) is 16.2. The molecular weight excluding hydrogens is 418 g/mol. The minimum atomic E-state index is -0.644. The van der Waals surface area contributed by atoms with E-state index in [-0.39, 0.29) is 0 Å². The van der Waals surface area contributed by atoms with Gasteiger partial charge in [-0.25, -0.2) is 0 Å². The van der Waals surface area contributed by atoms with E-state index >= 15 is 0 Å². The molecule has 3 heteroatoms. The molecule has 5 aliphatic rings. The second kappa shape index (κ2) is 9.49. The Morgan fingerprint density at radius 1 is 1.00 bits per heavy atom. The summed E-state index contributed by atoms with van der Waals surface area (Å²) >= 11 is 0. The van der Waals surface area contributed by atoms with Crippen molar-refractivity contribution in [2.45, 2.75) is 111 Å². The fourth-order valence-electron chi connectivity index (χ4n) is 9.90. The highest BCUT2D eigenvalue weighted by Crippen LogP contribution is 2.67. The van der Waals surface area contributed by atoms with Crippen LogP contribution >= 0.6 is 0 Å². The van der Waals surface area contributed by atoms with Gasteiger partial charge in [0.2, 0.25) is 0 Å². The van der Waals surface area contributed by atoms with Gasteiger partial charge in [0.05, 0.1) is 13.2 Å². The summed E-state index contributed by atoms with van der Waals surface area (Å²) in [5.41, 5.74) is 1.82. The van der Waals surface area contributed by atoms with Crippen LogP contribution in [0, 0.1) is 46.3 Å². The fourth-order valence-corrected chi connectivity index (χ4v) is 9.90. The van der Waals surface area contributed by atoms with Crippen molar-refractivity contribution in [2.24, 2.45) is 46.3 Å². The zero-order valence-electron chi connectivity index (χ0n) is 23.0. The highest BCUT2D eigenvalue weighted by molar-refractivity contribution is 5.27. The second-order valence-corrected chi connectivity index (χ2v) is 14.0. The number of allylic oxidation sites excluding steroid dienone is 1. The summed E-state index contributed by atoms with van der Waals surface area (Å²) in [5.74, 6) is 5.27. The molecule has 8 atom stereocenters. The normalized spacial score (nSPS) is 45.9. The van der Waals surface area contributed by atoms with E-state index in [0.717, 1.165) is 81.1 Å². The van der Waals surface area contributed by atoms with Gasteiger partial charge in [-0.2, -0.15) is 0 Å². The maximum absolute atomic E-state index is 11.7. The third kappa shape index (κ3) is 4.24. The minimum Gasteiger partial charge on any atom is -0.379 e. The van der Waals surface area contributed by atoms with Gasteiger partial charge in [-0.3, -0.25) is 4.90 Å². The third-order valence-electron chi connectivity index (χ3n) is 11.9. The third-order valence-corrected chi connectivity index (χ3v) is 11.9. The summed E-state index contributed by atoms with van der Waals surface area (Å²) in [4.78, 5) is 2.32. The topological polar surface area (TPSA) is 32.7 Å². The molecule has 3 nitrogen and oxygen atoms in total. The first-order valence-corrected chi connectivity index (χ1v) is 14.9. The lowest BCUT2D eigenvalue weighted by atomic mass is 9.46. The Morgan fingerprint density at radius 3 is 2.50 bits per heavy atom. The van der Waals surface area contributed by atoms with Gasteiger partial charge in [-0.1, -0.05) is 65.5 Å². The monoisotopic (exact) mass is 471 g/mol. The van der Waals surface area contributed by atoms with Crippen LogP contribution in [0.4, 0.5) is 0 Å². The molecule has 0 spiro atoms. The molecular formula is C31H53NO2. The van der Waals surface area contributed by atoms with E-state index in [1.54, 1.807) is 5.57 Å². The molecule has 1 saturated heterocycles. The van der Waals surface area contributed by atoms with Gasteiger partial charge in [0.1, 0.15) is 5.72 Å². The van der Waals surface area contributed by atoms with Gasteiger partial charge in [-0.05, 0) is 91.3 Å². The Bertz CT molecular complexity index is 757. The van der Waals surface area contributed by atoms with Crippen molar-refractivity contribution >= 4 is 0 Å². The van der Waals surface area contributed by atoms with Crippen molar-refractivity contribution in [1.29, 1.82) is 0 Å². The molecule has 4 aliphatic carbocycles. The zero-order chi connectivity index (χ0) is 24.1. The van der Waals surface area contributed by atoms with Crippen LogP contribution in [0.1, 0.15) is 105 Å². The number of morpholine rings is 1. The van der Waals surface area contributed by atoms with E-state index in [1.165, 1.54) is 51.4 Å². The Morgan fingerprint density at radius 2 is 1.76 bits per heavy atom. The molecule has 0 aromatic rings. The average Bonchev–Trinajstić information content (AvgIpc) is 3.17. The van der Waals surface area contributed by atoms with Gasteiger partial charge in [-0.15, -0.1) is 0 Å². The predicted molar refractivity (Wildman–Crippen MR) is 140 cm³/mol. The SMILES string of the molecule is CC(C)CCC[C@@H](C)[C@H]1CC[C@H]2[C@@H]3CC=C4CC(O)(N5CCOCC5)CC[C@]4(C)[C@H]3CC[C@]12C. The molecule has 5 rings (SSSR count). The summed E-state index contributed by atoms with van der Waals surface area (Å²) in [6.45, 7) is 15.9. The molecule has 0 bridgehead atoms. The molecule has 0 radical (unpaired) electrons. The van der Waals surface area contributed by atoms with Gasteiger partial charge in [0, 0.05) is 19.5 Å². The minimum absolute atomic E-state index is 0.309. The Hall–Kier alpha value is -0.380. The van der Waals surface area contributed by atoms with Crippen LogP contribution in [0.2, 0.25) is 0 Å². The number of ether oxygens (including phenoxy) is 1. The summed E-state index contributed by atoms with van der Waals surface area (Å²) in [6, 6.07) is 0. The quantitative estimate of drug-likeness (QED) is 0.421. The lowest BCUT2D eigenvalue weighted by Crippen LogP contribution is -2.59. The average molecular weight is 472 g/mol. The van der Waals surface area contributed by atoms with Crippen LogP contribution in [0.5, 0.6) is 0 Å². The van der Waals surface area contributed by atoms with Crippen molar-refractivity contribution in [3.63, 3.8) is 0 Å². The Kier molecular flexibility index (Phi) is 7.06. The molecule has 1 aliphatic heterocycles. The standard InChI is InChI=1S/C31H53NO2/c1-22(2)7-6-8-23(3)26-11-12-27-25-10-9-24-21-31(33,32-17-19-34-20-18-32)16-15-29(24,4)28(25)13-14-30(26,27)5/h9,22-23,25-28,33H,6-8,10-21H2,1-5H3/t23-,25+,26-,27+,28+,29+,30-,31?/m1/s1. The van der Waals surface area contributed by atoms with Crippen LogP contribution in [0.25, 0.3) is 0 Å². The van der Waals surface area contributed by atoms with E-state index in [2.05, 4.69) is 45.6 Å². The van der Waals surface area contributed by atoms with Gasteiger partial charge < -0.3 is 9.84 Å². The number of nitrogens with zero attached hydrogens (tertiary/aromatic N) is 1. The first kappa shape index (κ1) is 25.3. The Labute approximate surface area is 210 Å². The second-order valence-electron chi connectivity index (χ2n) is 14.0. The molecule has 0 amide bonds. The molecule has 0 aromatic carbocycles. The maximum Gasteiger partial charge on any atom is 0.122 e. The number of aliphatic hydroxyl groups is 1. The summed E-state index contributed by atoms with van der Waals surface area (Å²) in [6.07, 6.45) is 16.9.